The zero-order valence-electron chi connectivity index (χ0n) is 14.9. The van der Waals surface area contributed by atoms with Gasteiger partial charge in [-0.1, -0.05) is 6.07 Å². The van der Waals surface area contributed by atoms with E-state index in [1.54, 1.807) is 30.5 Å². The Kier molecular flexibility index (Phi) is 4.79. The summed E-state index contributed by atoms with van der Waals surface area (Å²) < 4.78 is 45.4. The fraction of sp³-hybridized carbons (Fsp3) is 0.167. The van der Waals surface area contributed by atoms with Crippen LogP contribution in [0, 0.1) is 0 Å². The van der Waals surface area contributed by atoms with Crippen LogP contribution in [0.5, 0.6) is 5.88 Å². The molecule has 0 saturated heterocycles. The van der Waals surface area contributed by atoms with Crippen molar-refractivity contribution < 1.29 is 17.9 Å². The van der Waals surface area contributed by atoms with Crippen LogP contribution in [0.25, 0.3) is 22.6 Å². The second-order valence-electron chi connectivity index (χ2n) is 6.07. The molecule has 0 unspecified atom stereocenters. The minimum absolute atomic E-state index is 0.0317. The molecule has 0 aliphatic carbocycles. The van der Waals surface area contributed by atoms with E-state index in [0.717, 1.165) is 6.20 Å². The molecule has 0 fully saturated rings. The molecule has 0 saturated carbocycles. The molecule has 11 heteroatoms. The maximum absolute atomic E-state index is 12.8. The molecule has 0 aliphatic rings. The highest BCUT2D eigenvalue weighted by Crippen LogP contribution is 2.30. The van der Waals surface area contributed by atoms with Gasteiger partial charge in [0.25, 0.3) is 0 Å². The van der Waals surface area contributed by atoms with Gasteiger partial charge < -0.3 is 9.30 Å². The topological polar surface area (TPSA) is 78.6 Å². The molecule has 0 aromatic carbocycles. The number of imidazole rings is 1. The number of aryl methyl sites for hydroxylation is 1. The van der Waals surface area contributed by atoms with E-state index < -0.39 is 11.9 Å². The highest BCUT2D eigenvalue weighted by Gasteiger charge is 2.34. The summed E-state index contributed by atoms with van der Waals surface area (Å²) in [5, 5.41) is 0.0317. The predicted octanol–water partition coefficient (Wildman–Crippen LogP) is 4.07. The molecule has 4 aromatic rings. The van der Waals surface area contributed by atoms with Crippen LogP contribution < -0.4 is 4.74 Å². The second-order valence-corrected chi connectivity index (χ2v) is 6.41. The number of ether oxygens (including phenoxy) is 1. The number of fused-ring (bicyclic) bond motifs is 1. The Morgan fingerprint density at radius 3 is 2.62 bits per heavy atom. The third-order valence-electron chi connectivity index (χ3n) is 3.99. The summed E-state index contributed by atoms with van der Waals surface area (Å²) in [6.07, 6.45) is -0.509. The van der Waals surface area contributed by atoms with Crippen LogP contribution in [-0.2, 0) is 19.8 Å². The minimum Gasteiger partial charge on any atom is -0.471 e. The van der Waals surface area contributed by atoms with Gasteiger partial charge in [0.15, 0.2) is 17.0 Å². The SMILES string of the molecule is Cn1cc(C(F)(F)F)nc1-c1ccc(COc2nc(Cl)nc3cccnc23)cn1. The molecule has 0 atom stereocenters. The lowest BCUT2D eigenvalue weighted by atomic mass is 10.2. The summed E-state index contributed by atoms with van der Waals surface area (Å²) in [5.41, 5.74) is 1.03. The van der Waals surface area contributed by atoms with Gasteiger partial charge in [0, 0.05) is 31.2 Å². The molecule has 0 bridgehead atoms. The molecule has 4 aromatic heterocycles. The van der Waals surface area contributed by atoms with Gasteiger partial charge in [-0.15, -0.1) is 0 Å². The smallest absolute Gasteiger partial charge is 0.434 e. The summed E-state index contributed by atoms with van der Waals surface area (Å²) in [6.45, 7) is 0.112. The molecular formula is C18H12ClF3N6O. The Balaban J connectivity index is 1.54. The summed E-state index contributed by atoms with van der Waals surface area (Å²) >= 11 is 5.91. The molecule has 0 radical (unpaired) electrons. The minimum atomic E-state index is -4.51. The molecule has 0 N–H and O–H groups in total. The first kappa shape index (κ1) is 19.1. The van der Waals surface area contributed by atoms with Gasteiger partial charge in [-0.2, -0.15) is 18.2 Å². The highest BCUT2D eigenvalue weighted by atomic mass is 35.5. The van der Waals surface area contributed by atoms with E-state index in [2.05, 4.69) is 24.9 Å². The molecule has 148 valence electrons. The van der Waals surface area contributed by atoms with Crippen LogP contribution in [0.2, 0.25) is 5.28 Å². The number of pyridine rings is 2. The van der Waals surface area contributed by atoms with Crippen LogP contribution in [0.1, 0.15) is 11.3 Å². The number of halogens is 4. The van der Waals surface area contributed by atoms with Crippen molar-refractivity contribution in [2.45, 2.75) is 12.8 Å². The average Bonchev–Trinajstić information content (AvgIpc) is 3.08. The van der Waals surface area contributed by atoms with Crippen molar-refractivity contribution in [2.24, 2.45) is 7.05 Å². The zero-order chi connectivity index (χ0) is 20.6. The molecule has 0 spiro atoms. The first-order chi connectivity index (χ1) is 13.8. The van der Waals surface area contributed by atoms with E-state index in [9.17, 15) is 13.2 Å². The van der Waals surface area contributed by atoms with E-state index in [1.807, 2.05) is 0 Å². The summed E-state index contributed by atoms with van der Waals surface area (Å²) in [5.74, 6) is 0.339. The van der Waals surface area contributed by atoms with E-state index in [4.69, 9.17) is 16.3 Å². The molecule has 0 aliphatic heterocycles. The van der Waals surface area contributed by atoms with Crippen molar-refractivity contribution in [3.8, 4) is 17.4 Å². The molecule has 29 heavy (non-hydrogen) atoms. The quantitative estimate of drug-likeness (QED) is 0.463. The number of alkyl halides is 3. The van der Waals surface area contributed by atoms with Gasteiger partial charge in [-0.3, -0.25) is 4.98 Å². The normalized spacial score (nSPS) is 11.8. The first-order valence-electron chi connectivity index (χ1n) is 8.28. The lowest BCUT2D eigenvalue weighted by molar-refractivity contribution is -0.140. The maximum Gasteiger partial charge on any atom is 0.434 e. The van der Waals surface area contributed by atoms with Gasteiger partial charge in [0.2, 0.25) is 11.2 Å². The lowest BCUT2D eigenvalue weighted by Gasteiger charge is -2.08. The number of rotatable bonds is 4. The number of nitrogens with zero attached hydrogens (tertiary/aromatic N) is 6. The van der Waals surface area contributed by atoms with Gasteiger partial charge in [-0.05, 0) is 29.8 Å². The third kappa shape index (κ3) is 3.97. The second kappa shape index (κ2) is 7.28. The summed E-state index contributed by atoms with van der Waals surface area (Å²) in [7, 11) is 1.48. The Morgan fingerprint density at radius 2 is 1.93 bits per heavy atom. The summed E-state index contributed by atoms with van der Waals surface area (Å²) in [6, 6.07) is 6.72. The Labute approximate surface area is 167 Å². The van der Waals surface area contributed by atoms with E-state index in [0.29, 0.717) is 22.3 Å². The third-order valence-corrected chi connectivity index (χ3v) is 4.16. The zero-order valence-corrected chi connectivity index (χ0v) is 15.6. The Bertz CT molecular complexity index is 1180. The van der Waals surface area contributed by atoms with Gasteiger partial charge >= 0.3 is 6.18 Å². The van der Waals surface area contributed by atoms with Gasteiger partial charge in [-0.25, -0.2) is 15.0 Å². The summed E-state index contributed by atoms with van der Waals surface area (Å²) in [4.78, 5) is 20.1. The number of hydrogen-bond acceptors (Lipinski definition) is 6. The molecule has 4 rings (SSSR count). The fourth-order valence-corrected chi connectivity index (χ4v) is 2.82. The molecule has 0 amide bonds. The molecule has 7 nitrogen and oxygen atoms in total. The van der Waals surface area contributed by atoms with Crippen LogP contribution in [-0.4, -0.2) is 29.5 Å². The number of aromatic nitrogens is 6. The largest absolute Gasteiger partial charge is 0.471 e. The molecule has 4 heterocycles. The van der Waals surface area contributed by atoms with Crippen LogP contribution in [0.4, 0.5) is 13.2 Å². The monoisotopic (exact) mass is 420 g/mol. The van der Waals surface area contributed by atoms with Gasteiger partial charge in [0.1, 0.15) is 12.3 Å². The fourth-order valence-electron chi connectivity index (χ4n) is 2.65. The van der Waals surface area contributed by atoms with Crippen LogP contribution in [0.3, 0.4) is 0 Å². The Morgan fingerprint density at radius 1 is 1.10 bits per heavy atom. The maximum atomic E-state index is 12.8. The van der Waals surface area contributed by atoms with E-state index in [-0.39, 0.29) is 23.6 Å². The molecular weight excluding hydrogens is 409 g/mol. The van der Waals surface area contributed by atoms with Crippen molar-refractivity contribution in [3.63, 3.8) is 0 Å². The Hall–Kier alpha value is -3.27. The van der Waals surface area contributed by atoms with Crippen molar-refractivity contribution in [1.82, 2.24) is 29.5 Å². The van der Waals surface area contributed by atoms with Crippen LogP contribution >= 0.6 is 11.6 Å². The van der Waals surface area contributed by atoms with Crippen molar-refractivity contribution in [1.29, 1.82) is 0 Å². The average molecular weight is 421 g/mol. The first-order valence-corrected chi connectivity index (χ1v) is 8.66. The number of hydrogen-bond donors (Lipinski definition) is 0. The van der Waals surface area contributed by atoms with Gasteiger partial charge in [0.05, 0.1) is 5.52 Å². The highest BCUT2D eigenvalue weighted by molar-refractivity contribution is 6.28. The van der Waals surface area contributed by atoms with E-state index >= 15 is 0 Å². The predicted molar refractivity (Wildman–Crippen MR) is 98.1 cm³/mol. The van der Waals surface area contributed by atoms with E-state index in [1.165, 1.54) is 17.8 Å². The van der Waals surface area contributed by atoms with Crippen molar-refractivity contribution in [3.05, 3.63) is 59.4 Å². The van der Waals surface area contributed by atoms with Crippen LogP contribution in [0.15, 0.2) is 42.9 Å². The lowest BCUT2D eigenvalue weighted by Crippen LogP contribution is -2.05. The standard InChI is InChI=1S/C18H12ClF3N6O/c1-28-8-13(18(20,21)22)26-15(28)12-5-4-10(7-24-12)9-29-16-14-11(3-2-6-23-14)25-17(19)27-16/h2-8H,9H2,1H3. The van der Waals surface area contributed by atoms with Crippen molar-refractivity contribution >= 4 is 22.6 Å². The van der Waals surface area contributed by atoms with Crippen molar-refractivity contribution in [2.75, 3.05) is 0 Å².